The van der Waals surface area contributed by atoms with Crippen molar-refractivity contribution in [1.82, 2.24) is 5.32 Å². The van der Waals surface area contributed by atoms with E-state index < -0.39 is 0 Å². The number of nitro benzene ring substituents is 1. The summed E-state index contributed by atoms with van der Waals surface area (Å²) in [6, 6.07) is 5.00. The van der Waals surface area contributed by atoms with Gasteiger partial charge in [0.05, 0.1) is 17.1 Å². The van der Waals surface area contributed by atoms with Gasteiger partial charge in [0, 0.05) is 30.7 Å². The molecule has 6 heteroatoms. The van der Waals surface area contributed by atoms with Gasteiger partial charge >= 0.3 is 0 Å². The molecule has 0 unspecified atom stereocenters. The molecule has 0 saturated heterocycles. The second-order valence-corrected chi connectivity index (χ2v) is 4.48. The number of ether oxygens (including phenoxy) is 1. The monoisotopic (exact) mass is 314 g/mol. The van der Waals surface area contributed by atoms with Crippen LogP contribution in [0.25, 0.3) is 6.08 Å². The highest BCUT2D eigenvalue weighted by Crippen LogP contribution is 2.24. The van der Waals surface area contributed by atoms with E-state index in [2.05, 4.69) is 21.2 Å². The van der Waals surface area contributed by atoms with Crippen molar-refractivity contribution in [2.45, 2.75) is 0 Å². The van der Waals surface area contributed by atoms with Crippen LogP contribution in [0.3, 0.4) is 0 Å². The summed E-state index contributed by atoms with van der Waals surface area (Å²) in [6.45, 7) is 2.05. The van der Waals surface area contributed by atoms with Gasteiger partial charge in [-0.3, -0.25) is 10.1 Å². The lowest BCUT2D eigenvalue weighted by molar-refractivity contribution is -0.385. The minimum atomic E-state index is -0.386. The molecule has 0 bridgehead atoms. The van der Waals surface area contributed by atoms with E-state index >= 15 is 0 Å². The first kappa shape index (κ1) is 14.8. The van der Waals surface area contributed by atoms with E-state index in [1.165, 1.54) is 6.07 Å². The molecular formula is C12H15BrN2O3. The van der Waals surface area contributed by atoms with Crippen molar-refractivity contribution < 1.29 is 9.66 Å². The topological polar surface area (TPSA) is 64.4 Å². The van der Waals surface area contributed by atoms with Crippen LogP contribution < -0.4 is 5.32 Å². The Morgan fingerprint density at radius 2 is 2.33 bits per heavy atom. The first-order valence-electron chi connectivity index (χ1n) is 5.45. The van der Waals surface area contributed by atoms with Gasteiger partial charge in [-0.15, -0.1) is 0 Å². The predicted octanol–water partition coefficient (Wildman–Crippen LogP) is 2.61. The van der Waals surface area contributed by atoms with Crippen molar-refractivity contribution in [3.63, 3.8) is 0 Å². The molecule has 0 aliphatic carbocycles. The Morgan fingerprint density at radius 1 is 1.56 bits per heavy atom. The summed E-state index contributed by atoms with van der Waals surface area (Å²) in [4.78, 5) is 10.5. The fourth-order valence-electron chi connectivity index (χ4n) is 1.36. The first-order chi connectivity index (χ1) is 8.65. The average molecular weight is 315 g/mol. The molecule has 0 heterocycles. The Hall–Kier alpha value is -1.24. The van der Waals surface area contributed by atoms with E-state index in [4.69, 9.17) is 4.74 Å². The maximum atomic E-state index is 10.9. The highest BCUT2D eigenvalue weighted by Gasteiger charge is 2.11. The van der Waals surface area contributed by atoms with Gasteiger partial charge in [-0.05, 0) is 12.1 Å². The second-order valence-electron chi connectivity index (χ2n) is 3.56. The second kappa shape index (κ2) is 7.97. The van der Waals surface area contributed by atoms with Crippen LogP contribution in [0.1, 0.15) is 5.56 Å². The molecule has 5 nitrogen and oxygen atoms in total. The van der Waals surface area contributed by atoms with Crippen LogP contribution in [0.15, 0.2) is 28.7 Å². The highest BCUT2D eigenvalue weighted by molar-refractivity contribution is 9.10. The molecule has 0 aromatic heterocycles. The molecule has 1 aromatic carbocycles. The molecular weight excluding hydrogens is 300 g/mol. The molecule has 0 atom stereocenters. The Labute approximate surface area is 114 Å². The van der Waals surface area contributed by atoms with Gasteiger partial charge in [-0.2, -0.15) is 0 Å². The zero-order chi connectivity index (χ0) is 13.4. The summed E-state index contributed by atoms with van der Waals surface area (Å²) in [5, 5.41) is 14.0. The van der Waals surface area contributed by atoms with Crippen molar-refractivity contribution in [2.75, 3.05) is 26.8 Å². The molecule has 0 aliphatic heterocycles. The SMILES string of the molecule is COCCNC/C=C/c1ccc(Br)cc1[N+](=O)[O-]. The summed E-state index contributed by atoms with van der Waals surface area (Å²) in [6.07, 6.45) is 3.59. The van der Waals surface area contributed by atoms with Crippen molar-refractivity contribution >= 4 is 27.7 Å². The maximum absolute atomic E-state index is 10.9. The number of halogens is 1. The lowest BCUT2D eigenvalue weighted by Gasteiger charge is -2.00. The number of methoxy groups -OCH3 is 1. The summed E-state index contributed by atoms with van der Waals surface area (Å²) in [5.41, 5.74) is 0.689. The lowest BCUT2D eigenvalue weighted by Crippen LogP contribution is -2.18. The summed E-state index contributed by atoms with van der Waals surface area (Å²) >= 11 is 3.22. The lowest BCUT2D eigenvalue weighted by atomic mass is 10.1. The van der Waals surface area contributed by atoms with E-state index in [-0.39, 0.29) is 10.6 Å². The summed E-state index contributed by atoms with van der Waals surface area (Å²) in [5.74, 6) is 0. The van der Waals surface area contributed by atoms with E-state index in [0.717, 1.165) is 6.54 Å². The van der Waals surface area contributed by atoms with Gasteiger partial charge in [0.25, 0.3) is 5.69 Å². The first-order valence-corrected chi connectivity index (χ1v) is 6.24. The van der Waals surface area contributed by atoms with Gasteiger partial charge in [0.15, 0.2) is 0 Å². The Morgan fingerprint density at radius 3 is 3.00 bits per heavy atom. The van der Waals surface area contributed by atoms with Gasteiger partial charge in [-0.1, -0.05) is 28.1 Å². The van der Waals surface area contributed by atoms with E-state index in [1.54, 1.807) is 25.3 Å². The standard InChI is InChI=1S/C12H15BrN2O3/c1-18-8-7-14-6-2-3-10-4-5-11(13)9-12(10)15(16)17/h2-5,9,14H,6-8H2,1H3/b3-2+. The largest absolute Gasteiger partial charge is 0.383 e. The number of benzene rings is 1. The predicted molar refractivity (Wildman–Crippen MR) is 74.6 cm³/mol. The van der Waals surface area contributed by atoms with Crippen LogP contribution in [-0.4, -0.2) is 31.7 Å². The summed E-state index contributed by atoms with van der Waals surface area (Å²) < 4.78 is 5.59. The van der Waals surface area contributed by atoms with Crippen LogP contribution in [0.2, 0.25) is 0 Å². The number of rotatable bonds is 7. The molecule has 1 rings (SSSR count). The molecule has 1 N–H and O–H groups in total. The smallest absolute Gasteiger partial charge is 0.277 e. The number of nitro groups is 1. The maximum Gasteiger partial charge on any atom is 0.277 e. The molecule has 98 valence electrons. The summed E-state index contributed by atoms with van der Waals surface area (Å²) in [7, 11) is 1.64. The molecule has 18 heavy (non-hydrogen) atoms. The molecule has 0 amide bonds. The van der Waals surface area contributed by atoms with Gasteiger partial charge in [-0.25, -0.2) is 0 Å². The third-order valence-electron chi connectivity index (χ3n) is 2.23. The molecule has 0 spiro atoms. The Bertz CT molecular complexity index is 435. The van der Waals surface area contributed by atoms with Crippen molar-refractivity contribution in [2.24, 2.45) is 0 Å². The fourth-order valence-corrected chi connectivity index (χ4v) is 1.71. The highest BCUT2D eigenvalue weighted by atomic mass is 79.9. The van der Waals surface area contributed by atoms with Gasteiger partial charge in [0.2, 0.25) is 0 Å². The van der Waals surface area contributed by atoms with Crippen LogP contribution in [-0.2, 0) is 4.74 Å². The van der Waals surface area contributed by atoms with E-state index in [1.807, 2.05) is 6.08 Å². The Balaban J connectivity index is 2.61. The van der Waals surface area contributed by atoms with Crippen molar-refractivity contribution in [3.8, 4) is 0 Å². The normalized spacial score (nSPS) is 11.0. The average Bonchev–Trinajstić information content (AvgIpc) is 2.35. The van der Waals surface area contributed by atoms with Gasteiger partial charge < -0.3 is 10.1 Å². The van der Waals surface area contributed by atoms with Gasteiger partial charge in [0.1, 0.15) is 0 Å². The molecule has 0 radical (unpaired) electrons. The van der Waals surface area contributed by atoms with Crippen LogP contribution >= 0.6 is 15.9 Å². The number of nitrogens with zero attached hydrogens (tertiary/aromatic N) is 1. The third-order valence-corrected chi connectivity index (χ3v) is 2.72. The molecule has 0 aliphatic rings. The minimum Gasteiger partial charge on any atom is -0.383 e. The zero-order valence-corrected chi connectivity index (χ0v) is 11.6. The third kappa shape index (κ3) is 4.95. The Kier molecular flexibility index (Phi) is 6.56. The number of nitrogens with one attached hydrogen (secondary N) is 1. The van der Waals surface area contributed by atoms with E-state index in [0.29, 0.717) is 23.2 Å². The number of hydrogen-bond acceptors (Lipinski definition) is 4. The molecule has 1 aromatic rings. The van der Waals surface area contributed by atoms with Crippen LogP contribution in [0.5, 0.6) is 0 Å². The molecule has 0 saturated carbocycles. The zero-order valence-electron chi connectivity index (χ0n) is 10.1. The fraction of sp³-hybridized carbons (Fsp3) is 0.333. The molecule has 0 fully saturated rings. The van der Waals surface area contributed by atoms with Crippen LogP contribution in [0, 0.1) is 10.1 Å². The quantitative estimate of drug-likeness (QED) is 0.477. The number of hydrogen-bond donors (Lipinski definition) is 1. The van der Waals surface area contributed by atoms with Crippen molar-refractivity contribution in [3.05, 3.63) is 44.4 Å². The van der Waals surface area contributed by atoms with Crippen LogP contribution in [0.4, 0.5) is 5.69 Å². The van der Waals surface area contributed by atoms with E-state index in [9.17, 15) is 10.1 Å². The minimum absolute atomic E-state index is 0.0949. The van der Waals surface area contributed by atoms with Crippen molar-refractivity contribution in [1.29, 1.82) is 0 Å².